The molecule has 2 amide bonds. The molecule has 9 nitrogen and oxygen atoms in total. The number of sulfonamides is 1. The van der Waals surface area contributed by atoms with Gasteiger partial charge in [-0.05, 0) is 43.5 Å². The largest absolute Gasteiger partial charge is 0.378 e. The average Bonchev–Trinajstić information content (AvgIpc) is 2.79. The van der Waals surface area contributed by atoms with Gasteiger partial charge in [-0.15, -0.1) is 0 Å². The van der Waals surface area contributed by atoms with E-state index in [1.807, 2.05) is 31.2 Å². The van der Waals surface area contributed by atoms with Gasteiger partial charge in [0.15, 0.2) is 0 Å². The minimum Gasteiger partial charge on any atom is -0.378 e. The van der Waals surface area contributed by atoms with Crippen molar-refractivity contribution in [3.8, 4) is 0 Å². The zero-order chi connectivity index (χ0) is 23.1. The van der Waals surface area contributed by atoms with Gasteiger partial charge >= 0.3 is 0 Å². The molecule has 0 bridgehead atoms. The number of hydrogen-bond acceptors (Lipinski definition) is 6. The summed E-state index contributed by atoms with van der Waals surface area (Å²) in [5.74, 6) is -0.803. The third-order valence-corrected chi connectivity index (χ3v) is 7.92. The van der Waals surface area contributed by atoms with E-state index in [0.29, 0.717) is 44.7 Å². The standard InChI is InChI=1S/C22H34N4O5S/c1-3-15-32(29,30)26-10-4-5-18(16-26)22(28)24(2)17-21(27)23-19-6-8-20(9-7-19)25-11-13-31-14-12-25/h6-9,18H,3-5,10-17H2,1-2H3,(H,23,27). The molecule has 2 fully saturated rings. The fraction of sp³-hybridized carbons (Fsp3) is 0.636. The van der Waals surface area contributed by atoms with Crippen LogP contribution in [0.2, 0.25) is 0 Å². The Morgan fingerprint density at radius 2 is 1.84 bits per heavy atom. The van der Waals surface area contributed by atoms with Gasteiger partial charge in [0.25, 0.3) is 0 Å². The Kier molecular flexibility index (Phi) is 8.50. The summed E-state index contributed by atoms with van der Waals surface area (Å²) in [5, 5.41) is 2.83. The lowest BCUT2D eigenvalue weighted by molar-refractivity contribution is -0.138. The van der Waals surface area contributed by atoms with Gasteiger partial charge < -0.3 is 19.9 Å². The van der Waals surface area contributed by atoms with Crippen LogP contribution in [0, 0.1) is 5.92 Å². The van der Waals surface area contributed by atoms with Crippen molar-refractivity contribution in [2.24, 2.45) is 5.92 Å². The number of hydrogen-bond donors (Lipinski definition) is 1. The van der Waals surface area contributed by atoms with Crippen LogP contribution in [-0.4, -0.2) is 88.2 Å². The first-order valence-corrected chi connectivity index (χ1v) is 12.9. The van der Waals surface area contributed by atoms with Crippen LogP contribution in [0.25, 0.3) is 0 Å². The molecule has 32 heavy (non-hydrogen) atoms. The summed E-state index contributed by atoms with van der Waals surface area (Å²) >= 11 is 0. The summed E-state index contributed by atoms with van der Waals surface area (Å²) in [4.78, 5) is 28.9. The van der Waals surface area contributed by atoms with Crippen molar-refractivity contribution in [1.82, 2.24) is 9.21 Å². The van der Waals surface area contributed by atoms with Crippen molar-refractivity contribution in [2.75, 3.05) is 69.0 Å². The maximum Gasteiger partial charge on any atom is 0.243 e. The number of morpholine rings is 1. The van der Waals surface area contributed by atoms with Crippen LogP contribution in [-0.2, 0) is 24.3 Å². The highest BCUT2D eigenvalue weighted by Crippen LogP contribution is 2.22. The van der Waals surface area contributed by atoms with Crippen LogP contribution in [0.4, 0.5) is 11.4 Å². The lowest BCUT2D eigenvalue weighted by atomic mass is 9.98. The SMILES string of the molecule is CCCS(=O)(=O)N1CCCC(C(=O)N(C)CC(=O)Nc2ccc(N3CCOCC3)cc2)C1. The molecule has 2 aliphatic heterocycles. The summed E-state index contributed by atoms with van der Waals surface area (Å²) in [6.07, 6.45) is 1.83. The number of amides is 2. The van der Waals surface area contributed by atoms with E-state index in [0.717, 1.165) is 18.8 Å². The number of nitrogens with one attached hydrogen (secondary N) is 1. The molecule has 2 saturated heterocycles. The molecule has 1 N–H and O–H groups in total. The summed E-state index contributed by atoms with van der Waals surface area (Å²) in [5.41, 5.74) is 1.75. The second-order valence-electron chi connectivity index (χ2n) is 8.40. The van der Waals surface area contributed by atoms with Crippen molar-refractivity contribution in [2.45, 2.75) is 26.2 Å². The van der Waals surface area contributed by atoms with Crippen molar-refractivity contribution in [3.05, 3.63) is 24.3 Å². The minimum atomic E-state index is -3.33. The van der Waals surface area contributed by atoms with E-state index in [1.165, 1.54) is 9.21 Å². The molecule has 1 unspecified atom stereocenters. The van der Waals surface area contributed by atoms with Gasteiger partial charge in [0, 0.05) is 44.6 Å². The van der Waals surface area contributed by atoms with E-state index >= 15 is 0 Å². The first-order chi connectivity index (χ1) is 15.3. The van der Waals surface area contributed by atoms with E-state index in [4.69, 9.17) is 4.74 Å². The normalized spacial score (nSPS) is 20.1. The lowest BCUT2D eigenvalue weighted by Gasteiger charge is -2.33. The monoisotopic (exact) mass is 466 g/mol. The summed E-state index contributed by atoms with van der Waals surface area (Å²) < 4.78 is 31.5. The number of anilines is 2. The number of carbonyl (C=O) groups excluding carboxylic acids is 2. The zero-order valence-electron chi connectivity index (χ0n) is 19.0. The quantitative estimate of drug-likeness (QED) is 0.621. The molecule has 1 aromatic rings. The van der Waals surface area contributed by atoms with Crippen molar-refractivity contribution < 1.29 is 22.7 Å². The second-order valence-corrected chi connectivity index (χ2v) is 10.5. The molecular formula is C22H34N4O5S. The first kappa shape index (κ1) is 24.5. The van der Waals surface area contributed by atoms with Gasteiger partial charge in [0.1, 0.15) is 0 Å². The Labute approximate surface area is 190 Å². The van der Waals surface area contributed by atoms with E-state index in [1.54, 1.807) is 7.05 Å². The number of carbonyl (C=O) groups is 2. The molecule has 0 spiro atoms. The molecule has 0 saturated carbocycles. The third-order valence-electron chi connectivity index (χ3n) is 5.87. The van der Waals surface area contributed by atoms with E-state index < -0.39 is 15.9 Å². The highest BCUT2D eigenvalue weighted by molar-refractivity contribution is 7.89. The number of nitrogens with zero attached hydrogens (tertiary/aromatic N) is 3. The topological polar surface area (TPSA) is 99.3 Å². The molecule has 2 aliphatic rings. The summed E-state index contributed by atoms with van der Waals surface area (Å²) in [7, 11) is -1.74. The lowest BCUT2D eigenvalue weighted by Crippen LogP contribution is -2.47. The Balaban J connectivity index is 1.50. The highest BCUT2D eigenvalue weighted by Gasteiger charge is 2.33. The first-order valence-electron chi connectivity index (χ1n) is 11.3. The molecule has 1 aromatic carbocycles. The third kappa shape index (κ3) is 6.43. The van der Waals surface area contributed by atoms with Crippen LogP contribution < -0.4 is 10.2 Å². The molecule has 178 valence electrons. The predicted molar refractivity (Wildman–Crippen MR) is 124 cm³/mol. The average molecular weight is 467 g/mol. The van der Waals surface area contributed by atoms with E-state index in [2.05, 4.69) is 10.2 Å². The fourth-order valence-electron chi connectivity index (χ4n) is 4.17. The molecular weight excluding hydrogens is 432 g/mol. The van der Waals surface area contributed by atoms with Crippen molar-refractivity contribution >= 4 is 33.2 Å². The maximum absolute atomic E-state index is 12.8. The van der Waals surface area contributed by atoms with Crippen LogP contribution in [0.3, 0.4) is 0 Å². The Morgan fingerprint density at radius 1 is 1.16 bits per heavy atom. The van der Waals surface area contributed by atoms with Crippen LogP contribution in [0.5, 0.6) is 0 Å². The van der Waals surface area contributed by atoms with Gasteiger partial charge in [0.2, 0.25) is 21.8 Å². The summed E-state index contributed by atoms with van der Waals surface area (Å²) in [6.45, 7) is 5.50. The van der Waals surface area contributed by atoms with Crippen LogP contribution in [0.1, 0.15) is 26.2 Å². The van der Waals surface area contributed by atoms with Crippen molar-refractivity contribution in [3.63, 3.8) is 0 Å². The van der Waals surface area contributed by atoms with Gasteiger partial charge in [-0.3, -0.25) is 9.59 Å². The number of likely N-dealkylation sites (N-methyl/N-ethyl adjacent to an activating group) is 1. The summed E-state index contributed by atoms with van der Waals surface area (Å²) in [6, 6.07) is 7.62. The van der Waals surface area contributed by atoms with Crippen molar-refractivity contribution in [1.29, 1.82) is 0 Å². The Hall–Kier alpha value is -2.17. The highest BCUT2D eigenvalue weighted by atomic mass is 32.2. The number of benzene rings is 1. The smallest absolute Gasteiger partial charge is 0.243 e. The Morgan fingerprint density at radius 3 is 2.50 bits per heavy atom. The second kappa shape index (κ2) is 11.1. The Bertz CT molecular complexity index is 884. The van der Waals surface area contributed by atoms with Crippen LogP contribution in [0.15, 0.2) is 24.3 Å². The van der Waals surface area contributed by atoms with Gasteiger partial charge in [-0.2, -0.15) is 0 Å². The zero-order valence-corrected chi connectivity index (χ0v) is 19.8. The molecule has 0 radical (unpaired) electrons. The molecule has 3 rings (SSSR count). The van der Waals surface area contributed by atoms with E-state index in [-0.39, 0.29) is 30.7 Å². The molecule has 10 heteroatoms. The van der Waals surface area contributed by atoms with Gasteiger partial charge in [-0.1, -0.05) is 6.92 Å². The predicted octanol–water partition coefficient (Wildman–Crippen LogP) is 1.37. The fourth-order valence-corrected chi connectivity index (χ4v) is 5.75. The minimum absolute atomic E-state index is 0.0811. The van der Waals surface area contributed by atoms with Gasteiger partial charge in [-0.25, -0.2) is 12.7 Å². The number of ether oxygens (including phenoxy) is 1. The van der Waals surface area contributed by atoms with E-state index in [9.17, 15) is 18.0 Å². The van der Waals surface area contributed by atoms with Gasteiger partial charge in [0.05, 0.1) is 31.4 Å². The number of piperidine rings is 1. The molecule has 2 heterocycles. The molecule has 1 atom stereocenters. The molecule has 0 aliphatic carbocycles. The molecule has 0 aromatic heterocycles. The number of rotatable bonds is 8. The van der Waals surface area contributed by atoms with Crippen LogP contribution >= 0.6 is 0 Å². The maximum atomic E-state index is 12.8.